The van der Waals surface area contributed by atoms with Crippen molar-refractivity contribution in [1.29, 1.82) is 0 Å². The molecule has 0 aliphatic carbocycles. The van der Waals surface area contributed by atoms with Crippen molar-refractivity contribution in [1.82, 2.24) is 20.0 Å². The number of hydrogen-bond acceptors (Lipinski definition) is 3. The van der Waals surface area contributed by atoms with Gasteiger partial charge in [-0.3, -0.25) is 9.48 Å². The van der Waals surface area contributed by atoms with E-state index in [9.17, 15) is 4.79 Å². The summed E-state index contributed by atoms with van der Waals surface area (Å²) >= 11 is 0. The van der Waals surface area contributed by atoms with Gasteiger partial charge in [-0.1, -0.05) is 6.42 Å². The lowest BCUT2D eigenvalue weighted by Crippen LogP contribution is -2.55. The van der Waals surface area contributed by atoms with Crippen molar-refractivity contribution < 1.29 is 4.79 Å². The molecule has 0 bridgehead atoms. The van der Waals surface area contributed by atoms with Crippen LogP contribution in [-0.4, -0.2) is 45.8 Å². The summed E-state index contributed by atoms with van der Waals surface area (Å²) in [6.07, 6.45) is 8.48. The largest absolute Gasteiger partial charge is 0.338 e. The Kier molecular flexibility index (Phi) is 4.58. The van der Waals surface area contributed by atoms with Crippen molar-refractivity contribution in [3.8, 4) is 0 Å². The van der Waals surface area contributed by atoms with Gasteiger partial charge < -0.3 is 10.2 Å². The molecule has 116 valence electrons. The molecule has 0 spiro atoms. The van der Waals surface area contributed by atoms with E-state index in [0.717, 1.165) is 31.6 Å². The normalized spacial score (nSPS) is 26.2. The van der Waals surface area contributed by atoms with Crippen molar-refractivity contribution in [3.63, 3.8) is 0 Å². The van der Waals surface area contributed by atoms with Crippen LogP contribution < -0.4 is 5.32 Å². The number of amides is 1. The number of piperidine rings is 1. The van der Waals surface area contributed by atoms with E-state index >= 15 is 0 Å². The highest BCUT2D eigenvalue weighted by Gasteiger charge is 2.34. The fourth-order valence-electron chi connectivity index (χ4n) is 3.67. The van der Waals surface area contributed by atoms with E-state index in [0.29, 0.717) is 31.0 Å². The van der Waals surface area contributed by atoms with Gasteiger partial charge in [0.25, 0.3) is 0 Å². The van der Waals surface area contributed by atoms with Gasteiger partial charge in [0.1, 0.15) is 0 Å². The standard InChI is InChI=1S/C16H26N4O/c1-13-7-11-19(18-13)12-8-16(21)20-10-4-5-14-15(20)6-2-3-9-17-14/h7,11,14-15,17H,2-6,8-10,12H2,1H3/t14-,15+/m1/s1. The number of carbonyl (C=O) groups is 1. The number of nitrogens with zero attached hydrogens (tertiary/aromatic N) is 3. The van der Waals surface area contributed by atoms with Crippen LogP contribution >= 0.6 is 0 Å². The first kappa shape index (κ1) is 14.6. The second-order valence-corrected chi connectivity index (χ2v) is 6.32. The minimum absolute atomic E-state index is 0.293. The topological polar surface area (TPSA) is 50.2 Å². The highest BCUT2D eigenvalue weighted by atomic mass is 16.2. The lowest BCUT2D eigenvalue weighted by atomic mass is 9.93. The van der Waals surface area contributed by atoms with Crippen LogP contribution in [0.4, 0.5) is 0 Å². The minimum atomic E-state index is 0.293. The summed E-state index contributed by atoms with van der Waals surface area (Å²) in [6.45, 7) is 4.70. The van der Waals surface area contributed by atoms with E-state index in [4.69, 9.17) is 0 Å². The molecule has 2 aliphatic rings. The van der Waals surface area contributed by atoms with Crippen molar-refractivity contribution >= 4 is 5.91 Å². The molecule has 21 heavy (non-hydrogen) atoms. The Bertz CT molecular complexity index is 484. The zero-order valence-electron chi connectivity index (χ0n) is 12.9. The molecule has 2 aliphatic heterocycles. The van der Waals surface area contributed by atoms with Crippen LogP contribution in [0.1, 0.15) is 44.2 Å². The van der Waals surface area contributed by atoms with Gasteiger partial charge >= 0.3 is 0 Å². The fourth-order valence-corrected chi connectivity index (χ4v) is 3.67. The van der Waals surface area contributed by atoms with Gasteiger partial charge in [-0.05, 0) is 45.2 Å². The summed E-state index contributed by atoms with van der Waals surface area (Å²) in [7, 11) is 0. The number of carbonyl (C=O) groups excluding carboxylic acids is 1. The summed E-state index contributed by atoms with van der Waals surface area (Å²) in [5.41, 5.74) is 1.01. The Hall–Kier alpha value is -1.36. The number of aromatic nitrogens is 2. The average molecular weight is 290 g/mol. The summed E-state index contributed by atoms with van der Waals surface area (Å²) < 4.78 is 1.88. The molecule has 0 saturated carbocycles. The Morgan fingerprint density at radius 1 is 1.38 bits per heavy atom. The summed E-state index contributed by atoms with van der Waals surface area (Å²) in [6, 6.07) is 2.90. The van der Waals surface area contributed by atoms with E-state index in [-0.39, 0.29) is 0 Å². The number of aryl methyl sites for hydroxylation is 2. The molecule has 2 atom stereocenters. The van der Waals surface area contributed by atoms with E-state index in [1.54, 1.807) is 0 Å². The van der Waals surface area contributed by atoms with Crippen molar-refractivity contribution in [2.24, 2.45) is 0 Å². The van der Waals surface area contributed by atoms with Gasteiger partial charge in [0, 0.05) is 37.8 Å². The lowest BCUT2D eigenvalue weighted by Gasteiger charge is -2.41. The number of hydrogen-bond donors (Lipinski definition) is 1. The first-order valence-electron chi connectivity index (χ1n) is 8.27. The van der Waals surface area contributed by atoms with E-state index in [2.05, 4.69) is 15.3 Å². The Balaban J connectivity index is 1.59. The maximum absolute atomic E-state index is 12.6. The Morgan fingerprint density at radius 2 is 2.29 bits per heavy atom. The van der Waals surface area contributed by atoms with Gasteiger partial charge in [0.05, 0.1) is 5.69 Å². The second kappa shape index (κ2) is 6.60. The van der Waals surface area contributed by atoms with Crippen LogP contribution in [0.2, 0.25) is 0 Å². The van der Waals surface area contributed by atoms with Crippen molar-refractivity contribution in [3.05, 3.63) is 18.0 Å². The number of nitrogens with one attached hydrogen (secondary N) is 1. The molecule has 1 aromatic rings. The Labute approximate surface area is 126 Å². The van der Waals surface area contributed by atoms with Crippen molar-refractivity contribution in [2.45, 2.75) is 64.1 Å². The molecule has 2 fully saturated rings. The summed E-state index contributed by atoms with van der Waals surface area (Å²) in [4.78, 5) is 14.7. The van der Waals surface area contributed by atoms with E-state index in [1.807, 2.05) is 23.9 Å². The summed E-state index contributed by atoms with van der Waals surface area (Å²) in [5, 5.41) is 7.99. The SMILES string of the molecule is Cc1ccn(CCC(=O)N2CCC[C@H]3NCCCC[C@@H]32)n1. The highest BCUT2D eigenvalue weighted by molar-refractivity contribution is 5.76. The van der Waals surface area contributed by atoms with Crippen LogP contribution in [0.5, 0.6) is 0 Å². The first-order valence-corrected chi connectivity index (χ1v) is 8.27. The number of rotatable bonds is 3. The zero-order chi connectivity index (χ0) is 14.7. The van der Waals surface area contributed by atoms with Gasteiger partial charge in [0.15, 0.2) is 0 Å². The molecule has 2 saturated heterocycles. The predicted octanol–water partition coefficient (Wildman–Crippen LogP) is 1.71. The summed E-state index contributed by atoms with van der Waals surface area (Å²) in [5.74, 6) is 0.293. The van der Waals surface area contributed by atoms with E-state index in [1.165, 1.54) is 19.3 Å². The molecule has 0 unspecified atom stereocenters. The third-order valence-electron chi connectivity index (χ3n) is 4.76. The first-order chi connectivity index (χ1) is 10.2. The molecule has 5 nitrogen and oxygen atoms in total. The minimum Gasteiger partial charge on any atom is -0.338 e. The van der Waals surface area contributed by atoms with Gasteiger partial charge in [-0.15, -0.1) is 0 Å². The molecular weight excluding hydrogens is 264 g/mol. The quantitative estimate of drug-likeness (QED) is 0.922. The third-order valence-corrected chi connectivity index (χ3v) is 4.76. The molecule has 1 aromatic heterocycles. The maximum Gasteiger partial charge on any atom is 0.224 e. The molecular formula is C16H26N4O. The molecule has 0 radical (unpaired) electrons. The van der Waals surface area contributed by atoms with Crippen molar-refractivity contribution in [2.75, 3.05) is 13.1 Å². The number of fused-ring (bicyclic) bond motifs is 1. The lowest BCUT2D eigenvalue weighted by molar-refractivity contribution is -0.136. The smallest absolute Gasteiger partial charge is 0.224 e. The molecule has 1 amide bonds. The van der Waals surface area contributed by atoms with Crippen LogP contribution in [0, 0.1) is 6.92 Å². The van der Waals surface area contributed by atoms with Crippen LogP contribution in [0.25, 0.3) is 0 Å². The Morgan fingerprint density at radius 3 is 3.10 bits per heavy atom. The fraction of sp³-hybridized carbons (Fsp3) is 0.750. The second-order valence-electron chi connectivity index (χ2n) is 6.32. The predicted molar refractivity (Wildman–Crippen MR) is 82.0 cm³/mol. The molecule has 5 heteroatoms. The van der Waals surface area contributed by atoms with Crippen LogP contribution in [0.3, 0.4) is 0 Å². The third kappa shape index (κ3) is 3.46. The van der Waals surface area contributed by atoms with Crippen LogP contribution in [0.15, 0.2) is 12.3 Å². The van der Waals surface area contributed by atoms with Crippen LogP contribution in [-0.2, 0) is 11.3 Å². The van der Waals surface area contributed by atoms with E-state index < -0.39 is 0 Å². The van der Waals surface area contributed by atoms with Gasteiger partial charge in [-0.25, -0.2) is 0 Å². The van der Waals surface area contributed by atoms with Gasteiger partial charge in [0.2, 0.25) is 5.91 Å². The molecule has 3 rings (SSSR count). The van der Waals surface area contributed by atoms with Gasteiger partial charge in [-0.2, -0.15) is 5.10 Å². The molecule has 1 N–H and O–H groups in total. The zero-order valence-corrected chi connectivity index (χ0v) is 12.9. The monoisotopic (exact) mass is 290 g/mol. The maximum atomic E-state index is 12.6. The highest BCUT2D eigenvalue weighted by Crippen LogP contribution is 2.25. The number of likely N-dealkylation sites (tertiary alicyclic amines) is 1. The average Bonchev–Trinajstić information content (AvgIpc) is 2.76. The molecule has 0 aromatic carbocycles. The molecule has 3 heterocycles.